The summed E-state index contributed by atoms with van der Waals surface area (Å²) in [7, 11) is -2.27. The van der Waals surface area contributed by atoms with E-state index >= 15 is 0 Å². The predicted molar refractivity (Wildman–Crippen MR) is 223 cm³/mol. The van der Waals surface area contributed by atoms with E-state index in [0.29, 0.717) is 12.8 Å². The van der Waals surface area contributed by atoms with Crippen LogP contribution in [0.25, 0.3) is 0 Å². The van der Waals surface area contributed by atoms with Crippen LogP contribution in [0.2, 0.25) is 18.1 Å². The van der Waals surface area contributed by atoms with Crippen molar-refractivity contribution in [1.82, 2.24) is 0 Å². The van der Waals surface area contributed by atoms with Crippen LogP contribution in [0.4, 0.5) is 0 Å². The summed E-state index contributed by atoms with van der Waals surface area (Å²) in [5.74, 6) is -0.572. The Labute approximate surface area is 318 Å². The summed E-state index contributed by atoms with van der Waals surface area (Å²) in [6.07, 6.45) is 40.7. The van der Waals surface area contributed by atoms with E-state index in [9.17, 15) is 14.7 Å². The Morgan fingerprint density at radius 2 is 0.882 bits per heavy atom. The van der Waals surface area contributed by atoms with E-state index in [1.165, 1.54) is 116 Å². The molecule has 0 aromatic carbocycles. The number of hydrogen-bond acceptors (Lipinski definition) is 5. The van der Waals surface area contributed by atoms with E-state index in [0.717, 1.165) is 51.4 Å². The predicted octanol–water partition coefficient (Wildman–Crippen LogP) is 13.9. The molecule has 0 saturated carbocycles. The second-order valence-corrected chi connectivity index (χ2v) is 22.3. The summed E-state index contributed by atoms with van der Waals surface area (Å²) in [5.41, 5.74) is -0.816. The van der Waals surface area contributed by atoms with Gasteiger partial charge in [0.1, 0.15) is 6.61 Å². The van der Waals surface area contributed by atoms with Crippen LogP contribution in [-0.2, 0) is 19.1 Å². The quantitative estimate of drug-likeness (QED) is 0.0304. The van der Waals surface area contributed by atoms with Crippen molar-refractivity contribution in [3.8, 4) is 0 Å². The second-order valence-electron chi connectivity index (χ2n) is 16.8. The Kier molecular flexibility index (Phi) is 32.3. The molecule has 1 N–H and O–H groups in total. The van der Waals surface area contributed by atoms with Crippen molar-refractivity contribution in [3.05, 3.63) is 24.3 Å². The van der Waals surface area contributed by atoms with Gasteiger partial charge in [-0.25, -0.2) is 0 Å². The smallest absolute Gasteiger partial charge is 0.306 e. The molecule has 0 bridgehead atoms. The van der Waals surface area contributed by atoms with Gasteiger partial charge < -0.3 is 14.6 Å². The lowest BCUT2D eigenvalue weighted by Crippen LogP contribution is -2.57. The van der Waals surface area contributed by atoms with Gasteiger partial charge in [0.05, 0.1) is 13.8 Å². The van der Waals surface area contributed by atoms with Crippen molar-refractivity contribution in [2.24, 2.45) is 0 Å². The molecular weight excluding hydrogens is 649 g/mol. The minimum Gasteiger partial charge on any atom is -0.462 e. The van der Waals surface area contributed by atoms with Crippen molar-refractivity contribution in [3.63, 3.8) is 0 Å². The van der Waals surface area contributed by atoms with Crippen LogP contribution in [0, 0.1) is 0 Å². The largest absolute Gasteiger partial charge is 0.462 e. The third kappa shape index (κ3) is 28.7. The topological polar surface area (TPSA) is 72.8 Å². The zero-order valence-electron chi connectivity index (χ0n) is 35.1. The number of hydrogen-bond donors (Lipinski definition) is 1. The van der Waals surface area contributed by atoms with Gasteiger partial charge in [-0.2, -0.15) is 0 Å². The van der Waals surface area contributed by atoms with E-state index in [1.54, 1.807) is 0 Å². The van der Waals surface area contributed by atoms with Gasteiger partial charge in [-0.05, 0) is 69.2 Å². The number of esters is 2. The van der Waals surface area contributed by atoms with Crippen LogP contribution in [0.5, 0.6) is 0 Å². The molecule has 300 valence electrons. The number of unbranched alkanes of at least 4 members (excludes halogenated alkanes) is 22. The number of aliphatic hydroxyl groups is 1. The molecule has 2 atom stereocenters. The molecule has 0 radical (unpaired) electrons. The Morgan fingerprint density at radius 3 is 1.25 bits per heavy atom. The third-order valence-corrected chi connectivity index (χ3v) is 16.7. The van der Waals surface area contributed by atoms with Crippen LogP contribution in [0.15, 0.2) is 24.3 Å². The molecule has 0 amide bonds. The first-order valence-corrected chi connectivity index (χ1v) is 24.9. The first-order chi connectivity index (χ1) is 24.5. The van der Waals surface area contributed by atoms with E-state index in [1.807, 2.05) is 0 Å². The van der Waals surface area contributed by atoms with Gasteiger partial charge in [0.15, 0.2) is 6.10 Å². The number of rotatable bonds is 35. The van der Waals surface area contributed by atoms with Gasteiger partial charge >= 0.3 is 11.9 Å². The minimum atomic E-state index is -2.27. The number of carbonyl (C=O) groups excluding carboxylic acids is 2. The summed E-state index contributed by atoms with van der Waals surface area (Å²) >= 11 is 0. The zero-order chi connectivity index (χ0) is 38.1. The first-order valence-electron chi connectivity index (χ1n) is 21.8. The highest BCUT2D eigenvalue weighted by Crippen LogP contribution is 2.39. The lowest BCUT2D eigenvalue weighted by Gasteiger charge is -2.43. The highest BCUT2D eigenvalue weighted by atomic mass is 28.3. The molecule has 51 heavy (non-hydrogen) atoms. The SMILES string of the molecule is CCCCCCCC/C=C\CCCCCCCC(=O)OCC(OC(=O)CCCCCCC/C=C\CCCCCCCC)C(O)[Si](C)(C)C(C)(C)C. The molecule has 5 nitrogen and oxygen atoms in total. The van der Waals surface area contributed by atoms with Crippen LogP contribution in [0.1, 0.15) is 214 Å². The van der Waals surface area contributed by atoms with Crippen molar-refractivity contribution in [1.29, 1.82) is 0 Å². The van der Waals surface area contributed by atoms with Crippen molar-refractivity contribution >= 4 is 20.0 Å². The highest BCUT2D eigenvalue weighted by Gasteiger charge is 2.46. The fourth-order valence-corrected chi connectivity index (χ4v) is 8.23. The normalized spacial score (nSPS) is 13.6. The maximum absolute atomic E-state index is 12.9. The number of aliphatic hydroxyl groups excluding tert-OH is 1. The molecule has 0 aliphatic heterocycles. The lowest BCUT2D eigenvalue weighted by molar-refractivity contribution is -0.163. The number of ether oxygens (including phenoxy) is 2. The van der Waals surface area contributed by atoms with Gasteiger partial charge in [-0.1, -0.05) is 175 Å². The van der Waals surface area contributed by atoms with E-state index < -0.39 is 19.9 Å². The first kappa shape index (κ1) is 49.6. The third-order valence-electron chi connectivity index (χ3n) is 11.0. The van der Waals surface area contributed by atoms with Gasteiger partial charge in [0.25, 0.3) is 0 Å². The maximum atomic E-state index is 12.9. The Hall–Kier alpha value is -1.40. The molecule has 0 aromatic heterocycles. The highest BCUT2D eigenvalue weighted by molar-refractivity contribution is 6.81. The molecule has 0 saturated heterocycles. The van der Waals surface area contributed by atoms with Crippen LogP contribution in [0.3, 0.4) is 0 Å². The minimum absolute atomic E-state index is 0.0737. The van der Waals surface area contributed by atoms with Gasteiger partial charge in [0.2, 0.25) is 0 Å². The Balaban J connectivity index is 4.32. The molecule has 0 rings (SSSR count). The number of allylic oxidation sites excluding steroid dienone is 4. The molecule has 0 aliphatic rings. The standard InChI is InChI=1S/C45H86O5Si/c1-8-10-12-14-16-18-20-22-24-26-28-30-32-34-36-38-42(46)49-40-41(44(48)51(6,7)45(3,4)5)50-43(47)39-37-35-33-31-29-27-25-23-21-19-17-15-13-11-9-2/h22-25,41,44,48H,8-21,26-40H2,1-7H3/b24-22-,25-23-. The molecule has 2 unspecified atom stereocenters. The molecule has 6 heteroatoms. The van der Waals surface area contributed by atoms with Crippen LogP contribution < -0.4 is 0 Å². The maximum Gasteiger partial charge on any atom is 0.306 e. The summed E-state index contributed by atoms with van der Waals surface area (Å²) in [6, 6.07) is 0. The van der Waals surface area contributed by atoms with Gasteiger partial charge in [-0.3, -0.25) is 9.59 Å². The van der Waals surface area contributed by atoms with Crippen molar-refractivity contribution in [2.45, 2.75) is 244 Å². The Morgan fingerprint density at radius 1 is 0.549 bits per heavy atom. The van der Waals surface area contributed by atoms with Crippen LogP contribution in [-0.4, -0.2) is 43.6 Å². The molecule has 0 aliphatic carbocycles. The second kappa shape index (κ2) is 33.2. The van der Waals surface area contributed by atoms with E-state index in [4.69, 9.17) is 9.47 Å². The van der Waals surface area contributed by atoms with Gasteiger partial charge in [0, 0.05) is 12.8 Å². The molecular formula is C45H86O5Si. The lowest BCUT2D eigenvalue weighted by atomic mass is 10.1. The van der Waals surface area contributed by atoms with Crippen LogP contribution >= 0.6 is 0 Å². The van der Waals surface area contributed by atoms with E-state index in [-0.39, 0.29) is 23.6 Å². The van der Waals surface area contributed by atoms with Crippen molar-refractivity contribution < 1.29 is 24.2 Å². The Bertz CT molecular complexity index is 874. The number of carbonyl (C=O) groups is 2. The monoisotopic (exact) mass is 735 g/mol. The fraction of sp³-hybridized carbons (Fsp3) is 0.867. The zero-order valence-corrected chi connectivity index (χ0v) is 36.1. The molecule has 0 heterocycles. The fourth-order valence-electron chi connectivity index (χ4n) is 6.25. The molecule has 0 fully saturated rings. The van der Waals surface area contributed by atoms with Gasteiger partial charge in [-0.15, -0.1) is 0 Å². The van der Waals surface area contributed by atoms with E-state index in [2.05, 4.69) is 72.0 Å². The summed E-state index contributed by atoms with van der Waals surface area (Å²) in [6.45, 7) is 15.1. The summed E-state index contributed by atoms with van der Waals surface area (Å²) in [5, 5.41) is 11.3. The molecule has 0 spiro atoms. The average molecular weight is 735 g/mol. The average Bonchev–Trinajstić information content (AvgIpc) is 3.09. The van der Waals surface area contributed by atoms with Crippen molar-refractivity contribution in [2.75, 3.05) is 6.61 Å². The summed E-state index contributed by atoms with van der Waals surface area (Å²) in [4.78, 5) is 25.5. The molecule has 0 aromatic rings. The summed E-state index contributed by atoms with van der Waals surface area (Å²) < 4.78 is 11.5.